The minimum absolute atomic E-state index is 0.755. The van der Waals surface area contributed by atoms with E-state index in [0.717, 1.165) is 55.1 Å². The topological polar surface area (TPSA) is 59.9 Å². The number of hydrogen-bond acceptors (Lipinski definition) is 5. The van der Waals surface area contributed by atoms with E-state index in [0.29, 0.717) is 0 Å². The Kier molecular flexibility index (Phi) is 5.03. The van der Waals surface area contributed by atoms with E-state index in [4.69, 9.17) is 4.74 Å². The molecule has 102 valence electrons. The number of hydrogen-bond donors (Lipinski definition) is 1. The van der Waals surface area contributed by atoms with Gasteiger partial charge >= 0.3 is 0 Å². The van der Waals surface area contributed by atoms with E-state index in [1.54, 1.807) is 12.4 Å². The molecule has 0 atom stereocenters. The molecule has 2 heterocycles. The summed E-state index contributed by atoms with van der Waals surface area (Å²) in [4.78, 5) is 12.9. The van der Waals surface area contributed by atoms with E-state index in [1.165, 1.54) is 0 Å². The molecule has 0 aliphatic rings. The normalized spacial score (nSPS) is 10.8. The van der Waals surface area contributed by atoms with Crippen LogP contribution in [-0.4, -0.2) is 34.7 Å². The lowest BCUT2D eigenvalue weighted by Crippen LogP contribution is -2.08. The third-order valence-electron chi connectivity index (χ3n) is 2.72. The van der Waals surface area contributed by atoms with E-state index in [-0.39, 0.29) is 0 Å². The first-order chi connectivity index (χ1) is 9.31. The lowest BCUT2D eigenvalue weighted by Gasteiger charge is -2.09. The Hall–Kier alpha value is -1.75. The van der Waals surface area contributed by atoms with Crippen molar-refractivity contribution in [2.45, 2.75) is 26.7 Å². The summed E-state index contributed by atoms with van der Waals surface area (Å²) < 4.78 is 5.45. The summed E-state index contributed by atoms with van der Waals surface area (Å²) in [5.41, 5.74) is 0.875. The van der Waals surface area contributed by atoms with E-state index < -0.39 is 0 Å². The Bertz CT molecular complexity index is 530. The Morgan fingerprint density at radius 3 is 3.00 bits per heavy atom. The minimum Gasteiger partial charge on any atom is -0.381 e. The maximum atomic E-state index is 5.45. The smallest absolute Gasteiger partial charge is 0.137 e. The summed E-state index contributed by atoms with van der Waals surface area (Å²) in [5.74, 6) is 1.63. The zero-order chi connectivity index (χ0) is 13.5. The zero-order valence-corrected chi connectivity index (χ0v) is 11.5. The van der Waals surface area contributed by atoms with Gasteiger partial charge in [-0.25, -0.2) is 9.97 Å². The van der Waals surface area contributed by atoms with Gasteiger partial charge in [-0.1, -0.05) is 6.92 Å². The molecule has 0 aliphatic carbocycles. The van der Waals surface area contributed by atoms with Crippen LogP contribution in [0.4, 0.5) is 5.82 Å². The van der Waals surface area contributed by atoms with Gasteiger partial charge in [0.1, 0.15) is 11.6 Å². The Morgan fingerprint density at radius 1 is 1.26 bits per heavy atom. The van der Waals surface area contributed by atoms with Crippen LogP contribution >= 0.6 is 0 Å². The Labute approximate surface area is 113 Å². The quantitative estimate of drug-likeness (QED) is 0.775. The van der Waals surface area contributed by atoms with Crippen LogP contribution in [0.15, 0.2) is 18.5 Å². The molecule has 0 radical (unpaired) electrons. The molecular formula is C14H20N4O. The summed E-state index contributed by atoms with van der Waals surface area (Å²) in [7, 11) is 0. The molecular weight excluding hydrogens is 240 g/mol. The SMILES string of the molecule is CCCOCCCNc1nc(C)nc2cnccc12. The first kappa shape index (κ1) is 13.7. The van der Waals surface area contributed by atoms with E-state index in [9.17, 15) is 0 Å². The van der Waals surface area contributed by atoms with Gasteiger partial charge in [0.05, 0.1) is 11.7 Å². The minimum atomic E-state index is 0.755. The van der Waals surface area contributed by atoms with Crippen LogP contribution in [0.1, 0.15) is 25.6 Å². The van der Waals surface area contributed by atoms with Gasteiger partial charge in [0.25, 0.3) is 0 Å². The number of nitrogens with zero attached hydrogens (tertiary/aromatic N) is 3. The van der Waals surface area contributed by atoms with E-state index >= 15 is 0 Å². The zero-order valence-electron chi connectivity index (χ0n) is 11.5. The number of rotatable bonds is 7. The maximum Gasteiger partial charge on any atom is 0.137 e. The van der Waals surface area contributed by atoms with Crippen LogP contribution < -0.4 is 5.32 Å². The second-order valence-electron chi connectivity index (χ2n) is 4.40. The average Bonchev–Trinajstić information content (AvgIpc) is 2.42. The van der Waals surface area contributed by atoms with Crippen molar-refractivity contribution in [1.29, 1.82) is 0 Å². The van der Waals surface area contributed by atoms with Gasteiger partial charge in [-0.15, -0.1) is 0 Å². The lowest BCUT2D eigenvalue weighted by molar-refractivity contribution is 0.134. The van der Waals surface area contributed by atoms with Crippen LogP contribution in [-0.2, 0) is 4.74 Å². The second-order valence-corrected chi connectivity index (χ2v) is 4.40. The molecule has 2 aromatic rings. The standard InChI is InChI=1S/C14H20N4O/c1-3-8-19-9-4-6-16-14-12-5-7-15-10-13(12)17-11(2)18-14/h5,7,10H,3-4,6,8-9H2,1-2H3,(H,16,17,18). The fraction of sp³-hybridized carbons (Fsp3) is 0.500. The van der Waals surface area contributed by atoms with E-state index in [1.807, 2.05) is 13.0 Å². The van der Waals surface area contributed by atoms with Gasteiger partial charge in [0, 0.05) is 31.3 Å². The van der Waals surface area contributed by atoms with Gasteiger partial charge in [-0.2, -0.15) is 0 Å². The van der Waals surface area contributed by atoms with Gasteiger partial charge in [-0.05, 0) is 25.8 Å². The monoisotopic (exact) mass is 260 g/mol. The van der Waals surface area contributed by atoms with Crippen LogP contribution in [0.3, 0.4) is 0 Å². The number of fused-ring (bicyclic) bond motifs is 1. The molecule has 0 amide bonds. The predicted molar refractivity (Wildman–Crippen MR) is 76.3 cm³/mol. The third kappa shape index (κ3) is 3.86. The summed E-state index contributed by atoms with van der Waals surface area (Å²) in [6.07, 6.45) is 5.56. The molecule has 0 unspecified atom stereocenters. The van der Waals surface area contributed by atoms with Gasteiger partial charge < -0.3 is 10.1 Å². The van der Waals surface area contributed by atoms with Crippen LogP contribution in [0.5, 0.6) is 0 Å². The van der Waals surface area contributed by atoms with Crippen molar-refractivity contribution in [3.8, 4) is 0 Å². The first-order valence-electron chi connectivity index (χ1n) is 6.71. The molecule has 0 bridgehead atoms. The summed E-state index contributed by atoms with van der Waals surface area (Å²) in [6.45, 7) is 6.47. The molecule has 2 rings (SSSR count). The highest BCUT2D eigenvalue weighted by molar-refractivity contribution is 5.88. The molecule has 0 aliphatic heterocycles. The Morgan fingerprint density at radius 2 is 2.16 bits per heavy atom. The van der Waals surface area contributed by atoms with Crippen molar-refractivity contribution in [1.82, 2.24) is 15.0 Å². The molecule has 5 heteroatoms. The summed E-state index contributed by atoms with van der Waals surface area (Å²) in [5, 5.41) is 4.36. The fourth-order valence-electron chi connectivity index (χ4n) is 1.86. The number of aryl methyl sites for hydroxylation is 1. The lowest BCUT2D eigenvalue weighted by atomic mass is 10.3. The van der Waals surface area contributed by atoms with Gasteiger partial charge in [-0.3, -0.25) is 4.98 Å². The van der Waals surface area contributed by atoms with Gasteiger partial charge in [0.2, 0.25) is 0 Å². The molecule has 5 nitrogen and oxygen atoms in total. The highest BCUT2D eigenvalue weighted by Gasteiger charge is 2.04. The Balaban J connectivity index is 1.96. The number of anilines is 1. The fourth-order valence-corrected chi connectivity index (χ4v) is 1.86. The third-order valence-corrected chi connectivity index (χ3v) is 2.72. The molecule has 1 N–H and O–H groups in total. The van der Waals surface area contributed by atoms with Crippen molar-refractivity contribution in [3.63, 3.8) is 0 Å². The number of ether oxygens (including phenoxy) is 1. The predicted octanol–water partition coefficient (Wildman–Crippen LogP) is 2.56. The van der Waals surface area contributed by atoms with Gasteiger partial charge in [0.15, 0.2) is 0 Å². The molecule has 2 aromatic heterocycles. The van der Waals surface area contributed by atoms with E-state index in [2.05, 4.69) is 27.2 Å². The van der Waals surface area contributed by atoms with Crippen LogP contribution in [0.2, 0.25) is 0 Å². The number of nitrogens with one attached hydrogen (secondary N) is 1. The molecule has 0 fully saturated rings. The summed E-state index contributed by atoms with van der Waals surface area (Å²) in [6, 6.07) is 1.94. The molecule has 0 saturated heterocycles. The highest BCUT2D eigenvalue weighted by atomic mass is 16.5. The average molecular weight is 260 g/mol. The molecule has 0 saturated carbocycles. The van der Waals surface area contributed by atoms with Crippen LogP contribution in [0, 0.1) is 6.92 Å². The second kappa shape index (κ2) is 6.99. The highest BCUT2D eigenvalue weighted by Crippen LogP contribution is 2.18. The summed E-state index contributed by atoms with van der Waals surface area (Å²) >= 11 is 0. The van der Waals surface area contributed by atoms with Crippen molar-refractivity contribution in [2.75, 3.05) is 25.1 Å². The number of aromatic nitrogens is 3. The molecule has 0 aromatic carbocycles. The van der Waals surface area contributed by atoms with Crippen molar-refractivity contribution < 1.29 is 4.74 Å². The first-order valence-corrected chi connectivity index (χ1v) is 6.71. The van der Waals surface area contributed by atoms with Crippen molar-refractivity contribution >= 4 is 16.7 Å². The molecule has 0 spiro atoms. The van der Waals surface area contributed by atoms with Crippen molar-refractivity contribution in [3.05, 3.63) is 24.3 Å². The molecule has 19 heavy (non-hydrogen) atoms. The van der Waals surface area contributed by atoms with Crippen molar-refractivity contribution in [2.24, 2.45) is 0 Å². The van der Waals surface area contributed by atoms with Crippen LogP contribution in [0.25, 0.3) is 10.9 Å². The largest absolute Gasteiger partial charge is 0.381 e. The number of pyridine rings is 1. The maximum absolute atomic E-state index is 5.45.